The fourth-order valence-electron chi connectivity index (χ4n) is 1.43. The third-order valence-electron chi connectivity index (χ3n) is 2.22. The zero-order chi connectivity index (χ0) is 14.0. The third kappa shape index (κ3) is 3.37. The first-order chi connectivity index (χ1) is 8.86. The monoisotopic (exact) mass is 332 g/mol. The van der Waals surface area contributed by atoms with Crippen molar-refractivity contribution in [3.8, 4) is 11.5 Å². The summed E-state index contributed by atoms with van der Waals surface area (Å²) < 4.78 is 44.4. The van der Waals surface area contributed by atoms with Crippen LogP contribution in [-0.4, -0.2) is 4.98 Å². The van der Waals surface area contributed by atoms with Gasteiger partial charge in [-0.2, -0.15) is 13.2 Å². The lowest BCUT2D eigenvalue weighted by molar-refractivity contribution is -0.138. The molecule has 2 rings (SSSR count). The first-order valence-corrected chi connectivity index (χ1v) is 5.90. The van der Waals surface area contributed by atoms with Crippen LogP contribution >= 0.6 is 15.9 Å². The lowest BCUT2D eigenvalue weighted by Gasteiger charge is -2.14. The molecule has 0 aliphatic heterocycles. The van der Waals surface area contributed by atoms with Gasteiger partial charge in [0.15, 0.2) is 0 Å². The first-order valence-electron chi connectivity index (χ1n) is 5.11. The van der Waals surface area contributed by atoms with Crippen LogP contribution in [0.4, 0.5) is 18.9 Å². The van der Waals surface area contributed by atoms with E-state index in [0.717, 1.165) is 6.07 Å². The van der Waals surface area contributed by atoms with Crippen LogP contribution in [0.1, 0.15) is 5.56 Å². The van der Waals surface area contributed by atoms with E-state index in [2.05, 4.69) is 20.9 Å². The van der Waals surface area contributed by atoms with Crippen LogP contribution < -0.4 is 10.5 Å². The summed E-state index contributed by atoms with van der Waals surface area (Å²) in [6.07, 6.45) is -1.72. The molecule has 0 saturated heterocycles. The van der Waals surface area contributed by atoms with Gasteiger partial charge in [0.2, 0.25) is 0 Å². The largest absolute Gasteiger partial charge is 0.455 e. The average Bonchev–Trinajstić information content (AvgIpc) is 2.30. The van der Waals surface area contributed by atoms with E-state index in [-0.39, 0.29) is 17.2 Å². The highest BCUT2D eigenvalue weighted by molar-refractivity contribution is 9.10. The van der Waals surface area contributed by atoms with Crippen LogP contribution in [0.25, 0.3) is 0 Å². The summed E-state index contributed by atoms with van der Waals surface area (Å²) in [5.41, 5.74) is 4.46. The molecule has 1 heterocycles. The number of halogens is 4. The van der Waals surface area contributed by atoms with Gasteiger partial charge in [0.25, 0.3) is 0 Å². The maximum Gasteiger partial charge on any atom is 0.420 e. The second-order valence-electron chi connectivity index (χ2n) is 3.69. The molecule has 3 nitrogen and oxygen atoms in total. The summed E-state index contributed by atoms with van der Waals surface area (Å²) in [4.78, 5) is 3.81. The highest BCUT2D eigenvalue weighted by Crippen LogP contribution is 2.39. The fraction of sp³-hybridized carbons (Fsp3) is 0.0833. The quantitative estimate of drug-likeness (QED) is 0.837. The van der Waals surface area contributed by atoms with Crippen molar-refractivity contribution in [1.82, 2.24) is 4.98 Å². The van der Waals surface area contributed by atoms with Crippen molar-refractivity contribution in [2.75, 3.05) is 5.73 Å². The highest BCUT2D eigenvalue weighted by Gasteiger charge is 2.34. The SMILES string of the molecule is Nc1ccc(Oc2cncc(Br)c2)c(C(F)(F)F)c1. The topological polar surface area (TPSA) is 48.1 Å². The number of hydrogen-bond acceptors (Lipinski definition) is 3. The van der Waals surface area contributed by atoms with Crippen molar-refractivity contribution in [2.45, 2.75) is 6.18 Å². The van der Waals surface area contributed by atoms with Gasteiger partial charge in [0.05, 0.1) is 6.20 Å². The number of aromatic nitrogens is 1. The normalized spacial score (nSPS) is 11.4. The minimum Gasteiger partial charge on any atom is -0.455 e. The van der Waals surface area contributed by atoms with Crippen LogP contribution in [0.2, 0.25) is 0 Å². The summed E-state index contributed by atoms with van der Waals surface area (Å²) in [7, 11) is 0. The van der Waals surface area contributed by atoms with E-state index in [1.165, 1.54) is 30.6 Å². The smallest absolute Gasteiger partial charge is 0.420 e. The minimum atomic E-state index is -4.54. The van der Waals surface area contributed by atoms with E-state index >= 15 is 0 Å². The molecule has 2 aromatic rings. The van der Waals surface area contributed by atoms with Gasteiger partial charge in [0, 0.05) is 16.4 Å². The Labute approximate surface area is 115 Å². The summed E-state index contributed by atoms with van der Waals surface area (Å²) in [6, 6.07) is 4.87. The average molecular weight is 333 g/mol. The molecule has 0 aliphatic carbocycles. The van der Waals surface area contributed by atoms with E-state index in [1.807, 2.05) is 0 Å². The fourth-order valence-corrected chi connectivity index (χ4v) is 1.78. The zero-order valence-electron chi connectivity index (χ0n) is 9.41. The van der Waals surface area contributed by atoms with Gasteiger partial charge in [-0.1, -0.05) is 0 Å². The molecule has 7 heteroatoms. The Hall–Kier alpha value is -1.76. The van der Waals surface area contributed by atoms with Crippen molar-refractivity contribution in [2.24, 2.45) is 0 Å². The number of ether oxygens (including phenoxy) is 1. The van der Waals surface area contributed by atoms with E-state index in [1.54, 1.807) is 0 Å². The molecule has 2 N–H and O–H groups in total. The Morgan fingerprint density at radius 3 is 2.53 bits per heavy atom. The molecule has 0 aliphatic rings. The van der Waals surface area contributed by atoms with Crippen molar-refractivity contribution in [3.63, 3.8) is 0 Å². The zero-order valence-corrected chi connectivity index (χ0v) is 11.0. The van der Waals surface area contributed by atoms with Gasteiger partial charge in [-0.3, -0.25) is 4.98 Å². The summed E-state index contributed by atoms with van der Waals surface area (Å²) in [5.74, 6) is -0.119. The van der Waals surface area contributed by atoms with Crippen molar-refractivity contribution < 1.29 is 17.9 Å². The van der Waals surface area contributed by atoms with Gasteiger partial charge in [0.1, 0.15) is 17.1 Å². The number of rotatable bonds is 2. The Balaban J connectivity index is 2.40. The van der Waals surface area contributed by atoms with Crippen LogP contribution in [0, 0.1) is 0 Å². The molecular formula is C12H8BrF3N2O. The van der Waals surface area contributed by atoms with E-state index in [9.17, 15) is 13.2 Å². The number of hydrogen-bond donors (Lipinski definition) is 1. The molecule has 0 saturated carbocycles. The molecular weight excluding hydrogens is 325 g/mol. The summed E-state index contributed by atoms with van der Waals surface area (Å²) in [6.45, 7) is 0. The number of anilines is 1. The van der Waals surface area contributed by atoms with Gasteiger partial charge in [-0.15, -0.1) is 0 Å². The molecule has 0 amide bonds. The second kappa shape index (κ2) is 5.08. The number of nitrogen functional groups attached to an aromatic ring is 1. The lowest BCUT2D eigenvalue weighted by atomic mass is 10.1. The van der Waals surface area contributed by atoms with Gasteiger partial charge >= 0.3 is 6.18 Å². The van der Waals surface area contributed by atoms with E-state index in [4.69, 9.17) is 10.5 Å². The van der Waals surface area contributed by atoms with E-state index in [0.29, 0.717) is 4.47 Å². The predicted octanol–water partition coefficient (Wildman–Crippen LogP) is 4.24. The van der Waals surface area contributed by atoms with Gasteiger partial charge in [-0.05, 0) is 40.2 Å². The van der Waals surface area contributed by atoms with Gasteiger partial charge in [-0.25, -0.2) is 0 Å². The predicted molar refractivity (Wildman–Crippen MR) is 67.9 cm³/mol. The number of alkyl halides is 3. The summed E-state index contributed by atoms with van der Waals surface area (Å²) in [5, 5.41) is 0. The molecule has 0 unspecified atom stereocenters. The molecule has 100 valence electrons. The molecule has 0 bridgehead atoms. The number of nitrogens with zero attached hydrogens (tertiary/aromatic N) is 1. The first kappa shape index (κ1) is 13.7. The van der Waals surface area contributed by atoms with Crippen molar-refractivity contribution in [1.29, 1.82) is 0 Å². The van der Waals surface area contributed by atoms with Crippen LogP contribution in [0.5, 0.6) is 11.5 Å². The van der Waals surface area contributed by atoms with Crippen LogP contribution in [-0.2, 0) is 6.18 Å². The highest BCUT2D eigenvalue weighted by atomic mass is 79.9. The molecule has 0 spiro atoms. The second-order valence-corrected chi connectivity index (χ2v) is 4.61. The van der Waals surface area contributed by atoms with Crippen molar-refractivity contribution in [3.05, 3.63) is 46.7 Å². The van der Waals surface area contributed by atoms with Crippen molar-refractivity contribution >= 4 is 21.6 Å². The Bertz CT molecular complexity index is 602. The lowest BCUT2D eigenvalue weighted by Crippen LogP contribution is -2.08. The number of pyridine rings is 1. The maximum absolute atomic E-state index is 12.8. The standard InChI is InChI=1S/C12H8BrF3N2O/c13-7-3-9(6-18-5-7)19-11-2-1-8(17)4-10(11)12(14,15)16/h1-6H,17H2. The summed E-state index contributed by atoms with van der Waals surface area (Å²) >= 11 is 3.16. The minimum absolute atomic E-state index is 0.0204. The van der Waals surface area contributed by atoms with Gasteiger partial charge < -0.3 is 10.5 Å². The Morgan fingerprint density at radius 2 is 1.89 bits per heavy atom. The third-order valence-corrected chi connectivity index (χ3v) is 2.65. The molecule has 1 aromatic heterocycles. The maximum atomic E-state index is 12.8. The van der Waals surface area contributed by atoms with Crippen LogP contribution in [0.3, 0.4) is 0 Å². The Kier molecular flexibility index (Phi) is 3.66. The van der Waals surface area contributed by atoms with E-state index < -0.39 is 11.7 Å². The molecule has 0 atom stereocenters. The molecule has 19 heavy (non-hydrogen) atoms. The molecule has 0 fully saturated rings. The van der Waals surface area contributed by atoms with Crippen LogP contribution in [0.15, 0.2) is 41.1 Å². The number of benzene rings is 1. The molecule has 0 radical (unpaired) electrons. The Morgan fingerprint density at radius 1 is 1.16 bits per heavy atom. The molecule has 1 aromatic carbocycles. The number of nitrogens with two attached hydrogens (primary N) is 1.